The number of amides is 1. The second kappa shape index (κ2) is 5.22. The Balaban J connectivity index is 1.96. The van der Waals surface area contributed by atoms with Crippen LogP contribution in [0.3, 0.4) is 0 Å². The average Bonchev–Trinajstić information content (AvgIpc) is 2.45. The van der Waals surface area contributed by atoms with Crippen LogP contribution in [-0.2, 0) is 0 Å². The lowest BCUT2D eigenvalue weighted by atomic mass is 10.1. The summed E-state index contributed by atoms with van der Waals surface area (Å²) in [5.41, 5.74) is 0.170. The normalized spacial score (nSPS) is 17.9. The Bertz CT molecular complexity index is 751. The first kappa shape index (κ1) is 14.2. The zero-order valence-electron chi connectivity index (χ0n) is 12.2. The Hall–Kier alpha value is -1.75. The van der Waals surface area contributed by atoms with Gasteiger partial charge in [0, 0.05) is 29.0 Å². The van der Waals surface area contributed by atoms with Crippen LogP contribution in [0.2, 0.25) is 0 Å². The summed E-state index contributed by atoms with van der Waals surface area (Å²) in [6.07, 6.45) is 0. The standard InChI is InChI=1S/C16H18N2O2S/c1-16(2)10-18(7-8-21-16)15(20)13-9-11-5-3-4-6-12(11)14(19)17-13/h3-6,9H,7-8,10H2,1-2H3,(H,17,19). The molecule has 5 heteroatoms. The lowest BCUT2D eigenvalue weighted by Crippen LogP contribution is -2.46. The molecule has 110 valence electrons. The van der Waals surface area contributed by atoms with Crippen LogP contribution in [0.4, 0.5) is 0 Å². The van der Waals surface area contributed by atoms with Gasteiger partial charge in [-0.1, -0.05) is 18.2 Å². The van der Waals surface area contributed by atoms with Crippen molar-refractivity contribution in [3.8, 4) is 0 Å². The number of rotatable bonds is 1. The van der Waals surface area contributed by atoms with Gasteiger partial charge in [-0.05, 0) is 31.4 Å². The molecule has 1 aliphatic rings. The van der Waals surface area contributed by atoms with Crippen LogP contribution in [0.1, 0.15) is 24.3 Å². The third kappa shape index (κ3) is 2.83. The second-order valence-corrected chi connectivity index (χ2v) is 7.74. The van der Waals surface area contributed by atoms with Crippen LogP contribution in [0.5, 0.6) is 0 Å². The zero-order chi connectivity index (χ0) is 15.0. The van der Waals surface area contributed by atoms with Crippen molar-refractivity contribution in [3.05, 3.63) is 46.4 Å². The van der Waals surface area contributed by atoms with Crippen molar-refractivity contribution in [1.82, 2.24) is 9.88 Å². The Labute approximate surface area is 127 Å². The number of aromatic nitrogens is 1. The molecule has 0 saturated carbocycles. The highest BCUT2D eigenvalue weighted by Crippen LogP contribution is 2.30. The summed E-state index contributed by atoms with van der Waals surface area (Å²) in [5.74, 6) is 0.836. The predicted octanol–water partition coefficient (Wildman–Crippen LogP) is 2.50. The fraction of sp³-hybridized carbons (Fsp3) is 0.375. The highest BCUT2D eigenvalue weighted by atomic mass is 32.2. The number of fused-ring (bicyclic) bond motifs is 1. The molecule has 2 aromatic rings. The highest BCUT2D eigenvalue weighted by molar-refractivity contribution is 8.00. The molecule has 0 atom stereocenters. The van der Waals surface area contributed by atoms with E-state index in [4.69, 9.17) is 0 Å². The van der Waals surface area contributed by atoms with Crippen LogP contribution in [-0.4, -0.2) is 39.4 Å². The minimum Gasteiger partial charge on any atom is -0.335 e. The number of carbonyl (C=O) groups is 1. The van der Waals surface area contributed by atoms with Crippen LogP contribution < -0.4 is 5.56 Å². The third-order valence-electron chi connectivity index (χ3n) is 3.70. The molecule has 4 nitrogen and oxygen atoms in total. The van der Waals surface area contributed by atoms with Gasteiger partial charge in [-0.25, -0.2) is 0 Å². The summed E-state index contributed by atoms with van der Waals surface area (Å²) < 4.78 is 0.0606. The molecule has 1 aromatic carbocycles. The summed E-state index contributed by atoms with van der Waals surface area (Å²) in [4.78, 5) is 29.3. The largest absolute Gasteiger partial charge is 0.335 e. The van der Waals surface area contributed by atoms with E-state index >= 15 is 0 Å². The molecule has 1 N–H and O–H groups in total. The van der Waals surface area contributed by atoms with Gasteiger partial charge in [0.2, 0.25) is 0 Å². The second-order valence-electron chi connectivity index (χ2n) is 5.93. The van der Waals surface area contributed by atoms with E-state index in [-0.39, 0.29) is 16.2 Å². The predicted molar refractivity (Wildman–Crippen MR) is 87.0 cm³/mol. The Morgan fingerprint density at radius 2 is 2.10 bits per heavy atom. The van der Waals surface area contributed by atoms with E-state index in [0.717, 1.165) is 17.7 Å². The van der Waals surface area contributed by atoms with Crippen molar-refractivity contribution >= 4 is 28.4 Å². The maximum Gasteiger partial charge on any atom is 0.270 e. The fourth-order valence-electron chi connectivity index (χ4n) is 2.69. The molecule has 0 aliphatic carbocycles. The smallest absolute Gasteiger partial charge is 0.270 e. The van der Waals surface area contributed by atoms with Crippen molar-refractivity contribution in [2.24, 2.45) is 0 Å². The molecule has 21 heavy (non-hydrogen) atoms. The van der Waals surface area contributed by atoms with Crippen LogP contribution in [0.15, 0.2) is 35.1 Å². The number of thioether (sulfide) groups is 1. The summed E-state index contributed by atoms with van der Waals surface area (Å²) in [7, 11) is 0. The van der Waals surface area contributed by atoms with E-state index in [0.29, 0.717) is 17.6 Å². The van der Waals surface area contributed by atoms with Crippen LogP contribution >= 0.6 is 11.8 Å². The minimum atomic E-state index is -0.206. The van der Waals surface area contributed by atoms with E-state index in [2.05, 4.69) is 18.8 Å². The van der Waals surface area contributed by atoms with E-state index in [9.17, 15) is 9.59 Å². The van der Waals surface area contributed by atoms with Gasteiger partial charge in [0.25, 0.3) is 11.5 Å². The van der Waals surface area contributed by atoms with Crippen molar-refractivity contribution < 1.29 is 4.79 Å². The highest BCUT2D eigenvalue weighted by Gasteiger charge is 2.30. The average molecular weight is 302 g/mol. The van der Waals surface area contributed by atoms with Gasteiger partial charge in [0.1, 0.15) is 5.69 Å². The zero-order valence-corrected chi connectivity index (χ0v) is 13.0. The number of pyridine rings is 1. The third-order valence-corrected chi connectivity index (χ3v) is 4.99. The van der Waals surface area contributed by atoms with Gasteiger partial charge >= 0.3 is 0 Å². The molecule has 1 aliphatic heterocycles. The molecule has 0 unspecified atom stereocenters. The minimum absolute atomic E-state index is 0.0606. The lowest BCUT2D eigenvalue weighted by molar-refractivity contribution is 0.0742. The van der Waals surface area contributed by atoms with E-state index in [1.54, 1.807) is 12.1 Å². The number of benzene rings is 1. The number of aromatic amines is 1. The summed E-state index contributed by atoms with van der Waals surface area (Å²) in [6.45, 7) is 5.70. The van der Waals surface area contributed by atoms with Gasteiger partial charge in [0.05, 0.1) is 0 Å². The molecule has 0 spiro atoms. The van der Waals surface area contributed by atoms with Gasteiger partial charge in [-0.15, -0.1) is 0 Å². The number of carbonyl (C=O) groups excluding carboxylic acids is 1. The number of nitrogens with one attached hydrogen (secondary N) is 1. The SMILES string of the molecule is CC1(C)CN(C(=O)c2cc3ccccc3c(=O)[nH]2)CCS1. The van der Waals surface area contributed by atoms with Gasteiger partial charge in [-0.3, -0.25) is 9.59 Å². The quantitative estimate of drug-likeness (QED) is 0.880. The van der Waals surface area contributed by atoms with Gasteiger partial charge < -0.3 is 9.88 Å². The number of nitrogens with zero attached hydrogens (tertiary/aromatic N) is 1. The lowest BCUT2D eigenvalue weighted by Gasteiger charge is -2.37. The molecule has 3 rings (SSSR count). The first-order valence-electron chi connectivity index (χ1n) is 7.02. The van der Waals surface area contributed by atoms with Crippen molar-refractivity contribution in [1.29, 1.82) is 0 Å². The Kier molecular flexibility index (Phi) is 3.53. The summed E-state index contributed by atoms with van der Waals surface area (Å²) in [6, 6.07) is 9.09. The topological polar surface area (TPSA) is 53.2 Å². The summed E-state index contributed by atoms with van der Waals surface area (Å²) >= 11 is 1.88. The Morgan fingerprint density at radius 1 is 1.33 bits per heavy atom. The van der Waals surface area contributed by atoms with Gasteiger partial charge in [-0.2, -0.15) is 11.8 Å². The molecular weight excluding hydrogens is 284 g/mol. The summed E-state index contributed by atoms with van der Waals surface area (Å²) in [5, 5.41) is 1.42. The molecule has 1 amide bonds. The molecule has 1 aromatic heterocycles. The van der Waals surface area contributed by atoms with E-state index < -0.39 is 0 Å². The van der Waals surface area contributed by atoms with Crippen LogP contribution in [0.25, 0.3) is 10.8 Å². The fourth-order valence-corrected chi connectivity index (χ4v) is 3.80. The van der Waals surface area contributed by atoms with Crippen molar-refractivity contribution in [2.75, 3.05) is 18.8 Å². The maximum absolute atomic E-state index is 12.6. The molecule has 1 fully saturated rings. The maximum atomic E-state index is 12.6. The molecule has 0 bridgehead atoms. The number of H-pyrrole nitrogens is 1. The Morgan fingerprint density at radius 3 is 2.86 bits per heavy atom. The van der Waals surface area contributed by atoms with Crippen molar-refractivity contribution in [3.63, 3.8) is 0 Å². The van der Waals surface area contributed by atoms with Crippen molar-refractivity contribution in [2.45, 2.75) is 18.6 Å². The van der Waals surface area contributed by atoms with Gasteiger partial charge in [0.15, 0.2) is 0 Å². The number of hydrogen-bond donors (Lipinski definition) is 1. The molecule has 0 radical (unpaired) electrons. The number of hydrogen-bond acceptors (Lipinski definition) is 3. The van der Waals surface area contributed by atoms with Crippen LogP contribution in [0, 0.1) is 0 Å². The van der Waals surface area contributed by atoms with E-state index in [1.165, 1.54) is 0 Å². The molecule has 2 heterocycles. The first-order chi connectivity index (χ1) is 9.96. The monoisotopic (exact) mass is 302 g/mol. The first-order valence-corrected chi connectivity index (χ1v) is 8.00. The van der Waals surface area contributed by atoms with E-state index in [1.807, 2.05) is 34.9 Å². The molecule has 1 saturated heterocycles. The molecular formula is C16H18N2O2S.